The molecule has 20 heavy (non-hydrogen) atoms. The molecular weight excluding hydrogens is 282 g/mol. The molecule has 0 atom stereocenters. The molecule has 0 spiro atoms. The summed E-state index contributed by atoms with van der Waals surface area (Å²) in [4.78, 5) is 25.6. The van der Waals surface area contributed by atoms with E-state index in [0.717, 1.165) is 0 Å². The fourth-order valence-electron chi connectivity index (χ4n) is 1.75. The number of aromatic carboxylic acids is 1. The number of rotatable bonds is 3. The Balaban J connectivity index is 2.11. The first-order valence-corrected chi connectivity index (χ1v) is 6.10. The highest BCUT2D eigenvalue weighted by Crippen LogP contribution is 2.20. The van der Waals surface area contributed by atoms with Gasteiger partial charge in [-0.15, -0.1) is 0 Å². The minimum absolute atomic E-state index is 0.0336. The van der Waals surface area contributed by atoms with Crippen molar-refractivity contribution in [2.75, 3.05) is 10.6 Å². The zero-order valence-electron chi connectivity index (χ0n) is 10.5. The topological polar surface area (TPSA) is 94.2 Å². The predicted octanol–water partition coefficient (Wildman–Crippen LogP) is 3.32. The van der Waals surface area contributed by atoms with Crippen LogP contribution in [0.4, 0.5) is 16.2 Å². The van der Waals surface area contributed by atoms with Crippen LogP contribution in [-0.2, 0) is 0 Å². The maximum atomic E-state index is 11.8. The average molecular weight is 294 g/mol. The van der Waals surface area contributed by atoms with E-state index >= 15 is 0 Å². The predicted molar refractivity (Wildman–Crippen MR) is 76.6 cm³/mol. The molecule has 1 heterocycles. The van der Waals surface area contributed by atoms with Crippen LogP contribution in [0.2, 0.25) is 5.02 Å². The van der Waals surface area contributed by atoms with Gasteiger partial charge in [0, 0.05) is 22.6 Å². The molecule has 0 aliphatic carbocycles. The minimum Gasteiger partial charge on any atom is -0.478 e. The van der Waals surface area contributed by atoms with E-state index in [-0.39, 0.29) is 11.3 Å². The molecule has 0 saturated carbocycles. The monoisotopic (exact) mass is 293 g/mol. The Bertz CT molecular complexity index is 667. The smallest absolute Gasteiger partial charge is 0.339 e. The number of aromatic amines is 1. The lowest BCUT2D eigenvalue weighted by Gasteiger charge is -2.07. The highest BCUT2D eigenvalue weighted by molar-refractivity contribution is 6.30. The van der Waals surface area contributed by atoms with Crippen LogP contribution in [0.25, 0.3) is 0 Å². The van der Waals surface area contributed by atoms with E-state index in [2.05, 4.69) is 15.6 Å². The van der Waals surface area contributed by atoms with Crippen LogP contribution in [0.5, 0.6) is 0 Å². The Hall–Kier alpha value is -2.47. The van der Waals surface area contributed by atoms with Crippen LogP contribution in [0.15, 0.2) is 30.5 Å². The van der Waals surface area contributed by atoms with Crippen molar-refractivity contribution >= 4 is 35.0 Å². The molecule has 104 valence electrons. The SMILES string of the molecule is Cc1[nH]cc(NC(=O)Nc2cccc(Cl)c2)c1C(=O)O. The number of nitrogens with one attached hydrogen (secondary N) is 3. The number of aryl methyl sites for hydroxylation is 1. The maximum absolute atomic E-state index is 11.8. The number of benzene rings is 1. The molecule has 0 unspecified atom stereocenters. The number of carboxylic acid groups (broad SMARTS) is 1. The minimum atomic E-state index is -1.11. The summed E-state index contributed by atoms with van der Waals surface area (Å²) in [6.45, 7) is 1.61. The van der Waals surface area contributed by atoms with Crippen molar-refractivity contribution in [2.24, 2.45) is 0 Å². The lowest BCUT2D eigenvalue weighted by molar-refractivity contribution is 0.0697. The number of hydrogen-bond acceptors (Lipinski definition) is 2. The van der Waals surface area contributed by atoms with Gasteiger partial charge in [-0.25, -0.2) is 9.59 Å². The highest BCUT2D eigenvalue weighted by Gasteiger charge is 2.17. The molecule has 4 N–H and O–H groups in total. The van der Waals surface area contributed by atoms with Gasteiger partial charge in [-0.1, -0.05) is 17.7 Å². The largest absolute Gasteiger partial charge is 0.478 e. The quantitative estimate of drug-likeness (QED) is 0.699. The number of carbonyl (C=O) groups excluding carboxylic acids is 1. The van der Waals surface area contributed by atoms with Crippen LogP contribution in [-0.4, -0.2) is 22.1 Å². The van der Waals surface area contributed by atoms with Crippen LogP contribution in [0, 0.1) is 6.92 Å². The summed E-state index contributed by atoms with van der Waals surface area (Å²) in [5, 5.41) is 14.6. The summed E-state index contributed by atoms with van der Waals surface area (Å²) in [5.41, 5.74) is 1.22. The summed E-state index contributed by atoms with van der Waals surface area (Å²) in [6.07, 6.45) is 1.43. The third-order valence-corrected chi connectivity index (χ3v) is 2.86. The van der Waals surface area contributed by atoms with Gasteiger partial charge in [-0.2, -0.15) is 0 Å². The lowest BCUT2D eigenvalue weighted by atomic mass is 10.2. The highest BCUT2D eigenvalue weighted by atomic mass is 35.5. The summed E-state index contributed by atoms with van der Waals surface area (Å²) < 4.78 is 0. The summed E-state index contributed by atoms with van der Waals surface area (Å²) in [6, 6.07) is 6.09. The molecule has 0 radical (unpaired) electrons. The summed E-state index contributed by atoms with van der Waals surface area (Å²) in [7, 11) is 0. The number of anilines is 2. The summed E-state index contributed by atoms with van der Waals surface area (Å²) in [5.74, 6) is -1.11. The van der Waals surface area contributed by atoms with Crippen molar-refractivity contribution in [3.63, 3.8) is 0 Å². The Labute approximate surface area is 119 Å². The fourth-order valence-corrected chi connectivity index (χ4v) is 1.94. The lowest BCUT2D eigenvalue weighted by Crippen LogP contribution is -2.20. The van der Waals surface area contributed by atoms with Crippen molar-refractivity contribution < 1.29 is 14.7 Å². The van der Waals surface area contributed by atoms with Gasteiger partial charge in [0.1, 0.15) is 5.56 Å². The number of carbonyl (C=O) groups is 2. The van der Waals surface area contributed by atoms with Crippen LogP contribution >= 0.6 is 11.6 Å². The molecule has 2 rings (SSSR count). The molecule has 0 fully saturated rings. The molecule has 0 aliphatic heterocycles. The van der Waals surface area contributed by atoms with Gasteiger partial charge in [0.25, 0.3) is 0 Å². The van der Waals surface area contributed by atoms with Gasteiger partial charge in [-0.3, -0.25) is 0 Å². The molecule has 2 aromatic rings. The zero-order chi connectivity index (χ0) is 14.7. The molecule has 6 nitrogen and oxygen atoms in total. The van der Waals surface area contributed by atoms with Crippen LogP contribution in [0.3, 0.4) is 0 Å². The first kappa shape index (κ1) is 14.0. The molecule has 0 saturated heterocycles. The van der Waals surface area contributed by atoms with Gasteiger partial charge >= 0.3 is 12.0 Å². The van der Waals surface area contributed by atoms with E-state index in [1.54, 1.807) is 31.2 Å². The van der Waals surface area contributed by atoms with Gasteiger partial charge < -0.3 is 20.7 Å². The Morgan fingerprint density at radius 2 is 2.05 bits per heavy atom. The van der Waals surface area contributed by atoms with Crippen molar-refractivity contribution in [3.8, 4) is 0 Å². The first-order valence-electron chi connectivity index (χ1n) is 5.72. The van der Waals surface area contributed by atoms with Crippen molar-refractivity contribution in [1.29, 1.82) is 0 Å². The average Bonchev–Trinajstić information content (AvgIpc) is 2.70. The Morgan fingerprint density at radius 1 is 1.30 bits per heavy atom. The van der Waals surface area contributed by atoms with E-state index < -0.39 is 12.0 Å². The van der Waals surface area contributed by atoms with Crippen LogP contribution < -0.4 is 10.6 Å². The molecule has 0 bridgehead atoms. The van der Waals surface area contributed by atoms with E-state index in [9.17, 15) is 9.59 Å². The zero-order valence-corrected chi connectivity index (χ0v) is 11.3. The molecule has 1 aromatic heterocycles. The second kappa shape index (κ2) is 5.66. The van der Waals surface area contributed by atoms with Gasteiger partial charge in [-0.05, 0) is 25.1 Å². The molecule has 1 aromatic carbocycles. The van der Waals surface area contributed by atoms with Gasteiger partial charge in [0.2, 0.25) is 0 Å². The van der Waals surface area contributed by atoms with Gasteiger partial charge in [0.15, 0.2) is 0 Å². The Morgan fingerprint density at radius 3 is 2.70 bits per heavy atom. The van der Waals surface area contributed by atoms with Gasteiger partial charge in [0.05, 0.1) is 5.69 Å². The van der Waals surface area contributed by atoms with Crippen molar-refractivity contribution in [1.82, 2.24) is 4.98 Å². The van der Waals surface area contributed by atoms with Crippen molar-refractivity contribution in [3.05, 3.63) is 46.7 Å². The molecule has 0 aliphatic rings. The third kappa shape index (κ3) is 3.10. The molecule has 2 amide bonds. The second-order valence-corrected chi connectivity index (χ2v) is 4.53. The molecular formula is C13H12ClN3O3. The number of hydrogen-bond donors (Lipinski definition) is 4. The number of amides is 2. The van der Waals surface area contributed by atoms with E-state index in [4.69, 9.17) is 16.7 Å². The standard InChI is InChI=1S/C13H12ClN3O3/c1-7-11(12(18)19)10(6-15-7)17-13(20)16-9-4-2-3-8(14)5-9/h2-6,15H,1H3,(H,18,19)(H2,16,17,20). The van der Waals surface area contributed by atoms with Crippen LogP contribution in [0.1, 0.15) is 16.1 Å². The molecule has 7 heteroatoms. The van der Waals surface area contributed by atoms with E-state index in [1.165, 1.54) is 6.20 Å². The van der Waals surface area contributed by atoms with Crippen molar-refractivity contribution in [2.45, 2.75) is 6.92 Å². The second-order valence-electron chi connectivity index (χ2n) is 4.10. The normalized spacial score (nSPS) is 10.1. The fraction of sp³-hybridized carbons (Fsp3) is 0.0769. The maximum Gasteiger partial charge on any atom is 0.339 e. The van der Waals surface area contributed by atoms with E-state index in [1.807, 2.05) is 0 Å². The number of halogens is 1. The Kier molecular flexibility index (Phi) is 3.95. The number of carboxylic acids is 1. The summed E-state index contributed by atoms with van der Waals surface area (Å²) >= 11 is 5.80. The number of aromatic nitrogens is 1. The van der Waals surface area contributed by atoms with E-state index in [0.29, 0.717) is 16.4 Å². The number of H-pyrrole nitrogens is 1. The first-order chi connectivity index (χ1) is 9.47. The number of urea groups is 1. The third-order valence-electron chi connectivity index (χ3n) is 2.62.